The molecule has 1 heterocycles. The molecule has 2 aliphatic rings. The van der Waals surface area contributed by atoms with Crippen molar-refractivity contribution in [1.29, 1.82) is 5.26 Å². The summed E-state index contributed by atoms with van der Waals surface area (Å²) in [6.45, 7) is 1.96. The number of aliphatic hydroxyl groups is 1. The quantitative estimate of drug-likeness (QED) is 0.867. The highest BCUT2D eigenvalue weighted by molar-refractivity contribution is 9.10. The molecular formula is C14H15BrN2O. The summed E-state index contributed by atoms with van der Waals surface area (Å²) in [5.74, 6) is 1.06. The molecule has 0 radical (unpaired) electrons. The normalized spacial score (nSPS) is 30.3. The number of benzene rings is 1. The maximum Gasteiger partial charge on any atom is 0.100 e. The zero-order chi connectivity index (χ0) is 12.7. The molecule has 3 unspecified atom stereocenters. The average Bonchev–Trinajstić information content (AvgIpc) is 2.92. The Morgan fingerprint density at radius 1 is 1.33 bits per heavy atom. The van der Waals surface area contributed by atoms with Crippen molar-refractivity contribution in [3.8, 4) is 6.07 Å². The second-order valence-corrected chi connectivity index (χ2v) is 6.10. The topological polar surface area (TPSA) is 47.3 Å². The number of halogens is 1. The zero-order valence-electron chi connectivity index (χ0n) is 10.0. The van der Waals surface area contributed by atoms with E-state index in [0.717, 1.165) is 36.1 Å². The number of nitriles is 1. The second-order valence-electron chi connectivity index (χ2n) is 5.25. The molecule has 1 aromatic rings. The molecular weight excluding hydrogens is 292 g/mol. The van der Waals surface area contributed by atoms with Gasteiger partial charge in [0.2, 0.25) is 0 Å². The van der Waals surface area contributed by atoms with Gasteiger partial charge in [-0.25, -0.2) is 0 Å². The molecule has 1 saturated heterocycles. The fraction of sp³-hybridized carbons (Fsp3) is 0.500. The van der Waals surface area contributed by atoms with E-state index in [1.54, 1.807) is 0 Å². The molecule has 1 saturated carbocycles. The first-order valence-electron chi connectivity index (χ1n) is 6.31. The lowest BCUT2D eigenvalue weighted by Gasteiger charge is -2.21. The SMILES string of the molecule is N#Cc1ccc(N2CC3CCC(O)C3C2)cc1Br. The van der Waals surface area contributed by atoms with E-state index in [0.29, 0.717) is 17.4 Å². The zero-order valence-corrected chi connectivity index (χ0v) is 11.6. The van der Waals surface area contributed by atoms with Crippen LogP contribution in [-0.4, -0.2) is 24.3 Å². The van der Waals surface area contributed by atoms with Crippen molar-refractivity contribution >= 4 is 21.6 Å². The van der Waals surface area contributed by atoms with Gasteiger partial charge in [0.25, 0.3) is 0 Å². The molecule has 4 heteroatoms. The van der Waals surface area contributed by atoms with Crippen molar-refractivity contribution in [2.45, 2.75) is 18.9 Å². The summed E-state index contributed by atoms with van der Waals surface area (Å²) < 4.78 is 0.847. The number of aliphatic hydroxyl groups excluding tert-OH is 1. The molecule has 1 aliphatic heterocycles. The van der Waals surface area contributed by atoms with Crippen molar-refractivity contribution in [3.63, 3.8) is 0 Å². The van der Waals surface area contributed by atoms with Crippen LogP contribution in [0.25, 0.3) is 0 Å². The van der Waals surface area contributed by atoms with E-state index in [1.807, 2.05) is 18.2 Å². The summed E-state index contributed by atoms with van der Waals surface area (Å²) in [6.07, 6.45) is 1.97. The third kappa shape index (κ3) is 1.92. The van der Waals surface area contributed by atoms with Crippen LogP contribution in [0.1, 0.15) is 18.4 Å². The Bertz CT molecular complexity index is 511. The number of fused-ring (bicyclic) bond motifs is 1. The van der Waals surface area contributed by atoms with Crippen molar-refractivity contribution < 1.29 is 5.11 Å². The number of hydrogen-bond donors (Lipinski definition) is 1. The van der Waals surface area contributed by atoms with Crippen LogP contribution in [0.2, 0.25) is 0 Å². The van der Waals surface area contributed by atoms with Crippen molar-refractivity contribution in [2.75, 3.05) is 18.0 Å². The minimum atomic E-state index is -0.123. The lowest BCUT2D eigenvalue weighted by Crippen LogP contribution is -2.24. The maximum absolute atomic E-state index is 9.92. The molecule has 3 nitrogen and oxygen atoms in total. The van der Waals surface area contributed by atoms with Crippen LogP contribution >= 0.6 is 15.9 Å². The van der Waals surface area contributed by atoms with Gasteiger partial charge in [-0.3, -0.25) is 0 Å². The molecule has 1 N–H and O–H groups in total. The maximum atomic E-state index is 9.92. The van der Waals surface area contributed by atoms with Crippen LogP contribution in [0.15, 0.2) is 22.7 Å². The molecule has 0 bridgehead atoms. The number of rotatable bonds is 1. The predicted molar refractivity (Wildman–Crippen MR) is 73.3 cm³/mol. The fourth-order valence-electron chi connectivity index (χ4n) is 3.24. The molecule has 1 aromatic carbocycles. The van der Waals surface area contributed by atoms with Crippen molar-refractivity contribution in [3.05, 3.63) is 28.2 Å². The Morgan fingerprint density at radius 2 is 2.17 bits per heavy atom. The van der Waals surface area contributed by atoms with Gasteiger partial charge in [0.05, 0.1) is 11.7 Å². The van der Waals surface area contributed by atoms with E-state index in [-0.39, 0.29) is 6.10 Å². The van der Waals surface area contributed by atoms with Crippen LogP contribution < -0.4 is 4.90 Å². The van der Waals surface area contributed by atoms with Gasteiger partial charge in [-0.2, -0.15) is 5.26 Å². The largest absolute Gasteiger partial charge is 0.393 e. The fourth-order valence-corrected chi connectivity index (χ4v) is 3.69. The molecule has 3 rings (SSSR count). The van der Waals surface area contributed by atoms with Crippen LogP contribution in [-0.2, 0) is 0 Å². The van der Waals surface area contributed by atoms with Crippen molar-refractivity contribution in [1.82, 2.24) is 0 Å². The van der Waals surface area contributed by atoms with Gasteiger partial charge in [0.1, 0.15) is 6.07 Å². The lowest BCUT2D eigenvalue weighted by molar-refractivity contribution is 0.133. The Kier molecular flexibility index (Phi) is 3.04. The third-order valence-corrected chi connectivity index (χ3v) is 4.91. The molecule has 0 spiro atoms. The number of hydrogen-bond acceptors (Lipinski definition) is 3. The Morgan fingerprint density at radius 3 is 2.83 bits per heavy atom. The smallest absolute Gasteiger partial charge is 0.100 e. The second kappa shape index (κ2) is 4.56. The first-order chi connectivity index (χ1) is 8.69. The summed E-state index contributed by atoms with van der Waals surface area (Å²) in [5, 5.41) is 18.8. The summed E-state index contributed by atoms with van der Waals surface area (Å²) in [4.78, 5) is 2.32. The lowest BCUT2D eigenvalue weighted by atomic mass is 10.00. The molecule has 2 fully saturated rings. The van der Waals surface area contributed by atoms with Crippen LogP contribution in [0.3, 0.4) is 0 Å². The summed E-state index contributed by atoms with van der Waals surface area (Å²) in [5.41, 5.74) is 1.81. The van der Waals surface area contributed by atoms with Crippen LogP contribution in [0, 0.1) is 23.2 Å². The van der Waals surface area contributed by atoms with Gasteiger partial charge in [-0.1, -0.05) is 0 Å². The minimum Gasteiger partial charge on any atom is -0.393 e. The van der Waals surface area contributed by atoms with E-state index >= 15 is 0 Å². The highest BCUT2D eigenvalue weighted by Crippen LogP contribution is 2.40. The van der Waals surface area contributed by atoms with Crippen LogP contribution in [0.4, 0.5) is 5.69 Å². The highest BCUT2D eigenvalue weighted by atomic mass is 79.9. The van der Waals surface area contributed by atoms with Gasteiger partial charge in [0, 0.05) is 29.2 Å². The molecule has 18 heavy (non-hydrogen) atoms. The first kappa shape index (κ1) is 12.0. The molecule has 3 atom stereocenters. The molecule has 0 aromatic heterocycles. The van der Waals surface area contributed by atoms with Crippen LogP contribution in [0.5, 0.6) is 0 Å². The summed E-state index contributed by atoms with van der Waals surface area (Å²) >= 11 is 3.43. The molecule has 1 aliphatic carbocycles. The Labute approximate surface area is 115 Å². The monoisotopic (exact) mass is 306 g/mol. The van der Waals surface area contributed by atoms with E-state index in [2.05, 4.69) is 26.9 Å². The van der Waals surface area contributed by atoms with Crippen molar-refractivity contribution in [2.24, 2.45) is 11.8 Å². The molecule has 94 valence electrons. The van der Waals surface area contributed by atoms with E-state index < -0.39 is 0 Å². The van der Waals surface area contributed by atoms with Gasteiger partial charge in [-0.05, 0) is 52.9 Å². The van der Waals surface area contributed by atoms with Gasteiger partial charge in [-0.15, -0.1) is 0 Å². The number of nitrogens with zero attached hydrogens (tertiary/aromatic N) is 2. The predicted octanol–water partition coefficient (Wildman–Crippen LogP) is 2.53. The first-order valence-corrected chi connectivity index (χ1v) is 7.11. The van der Waals surface area contributed by atoms with E-state index in [4.69, 9.17) is 5.26 Å². The van der Waals surface area contributed by atoms with Gasteiger partial charge >= 0.3 is 0 Å². The minimum absolute atomic E-state index is 0.123. The Hall–Kier alpha value is -1.05. The van der Waals surface area contributed by atoms with E-state index in [9.17, 15) is 5.11 Å². The summed E-state index contributed by atoms with van der Waals surface area (Å²) in [6, 6.07) is 8.01. The third-order valence-electron chi connectivity index (χ3n) is 4.26. The average molecular weight is 307 g/mol. The van der Waals surface area contributed by atoms with E-state index in [1.165, 1.54) is 0 Å². The number of anilines is 1. The van der Waals surface area contributed by atoms with Gasteiger partial charge in [0.15, 0.2) is 0 Å². The highest BCUT2D eigenvalue weighted by Gasteiger charge is 2.41. The standard InChI is InChI=1S/C14H15BrN2O/c15-13-5-11(3-1-9(13)6-16)17-7-10-2-4-14(18)12(10)8-17/h1,3,5,10,12,14,18H,2,4,7-8H2. The molecule has 0 amide bonds. The summed E-state index contributed by atoms with van der Waals surface area (Å²) in [7, 11) is 0. The van der Waals surface area contributed by atoms with Gasteiger partial charge < -0.3 is 10.0 Å². The Balaban J connectivity index is 1.81.